The molecule has 1 heterocycles. The predicted octanol–water partition coefficient (Wildman–Crippen LogP) is 3.85. The van der Waals surface area contributed by atoms with Crippen LogP contribution in [0.2, 0.25) is 25.2 Å². The van der Waals surface area contributed by atoms with Gasteiger partial charge in [0.1, 0.15) is 0 Å². The molecule has 30 heavy (non-hydrogen) atoms. The first-order valence-corrected chi connectivity index (χ1v) is 15.6. The fourth-order valence-electron chi connectivity index (χ4n) is 3.36. The smallest absolute Gasteiger partial charge is 0.457 e. The van der Waals surface area contributed by atoms with E-state index in [9.17, 15) is 5.11 Å². The molecule has 2 unspecified atom stereocenters. The van der Waals surface area contributed by atoms with Gasteiger partial charge in [-0.25, -0.2) is 0 Å². The summed E-state index contributed by atoms with van der Waals surface area (Å²) in [5.41, 5.74) is 0. The summed E-state index contributed by atoms with van der Waals surface area (Å²) in [7, 11) is 4.94. The zero-order valence-electron chi connectivity index (χ0n) is 19.5. The first-order chi connectivity index (χ1) is 14.1. The summed E-state index contributed by atoms with van der Waals surface area (Å²) in [5, 5.41) is 11.0. The second kappa shape index (κ2) is 10.7. The van der Waals surface area contributed by atoms with Crippen LogP contribution in [0, 0.1) is 0 Å². The van der Waals surface area contributed by atoms with Gasteiger partial charge < -0.3 is 32.6 Å². The first-order valence-electron chi connectivity index (χ1n) is 10.5. The number of aliphatic hydroxyl groups is 1. The molecule has 2 aliphatic rings. The summed E-state index contributed by atoms with van der Waals surface area (Å²) in [4.78, 5) is 4.29. The number of hydrogen-bond acceptors (Lipinski definition) is 7. The topological polar surface area (TPSA) is 63.6 Å². The molecule has 0 aromatic carbocycles. The fraction of sp³-hybridized carbons (Fsp3) is 0.619. The summed E-state index contributed by atoms with van der Waals surface area (Å²) in [6, 6.07) is 1.67. The van der Waals surface area contributed by atoms with Crippen LogP contribution in [0.3, 0.4) is 0 Å². The lowest BCUT2D eigenvalue weighted by Gasteiger charge is -2.28. The maximum Gasteiger partial charge on any atom is 0.457 e. The van der Waals surface area contributed by atoms with Crippen LogP contribution in [0.4, 0.5) is 0 Å². The molecule has 1 saturated heterocycles. The molecular weight excluding hydrogens is 416 g/mol. The Morgan fingerprint density at radius 3 is 2.30 bits per heavy atom. The Morgan fingerprint density at radius 2 is 1.67 bits per heavy atom. The van der Waals surface area contributed by atoms with Crippen molar-refractivity contribution in [2.24, 2.45) is 0 Å². The molecule has 1 fully saturated rings. The van der Waals surface area contributed by atoms with Gasteiger partial charge >= 0.3 is 17.1 Å². The van der Waals surface area contributed by atoms with Gasteiger partial charge in [0, 0.05) is 25.7 Å². The standard InChI is InChI=1S/C21H38N2O5Si2/c1-22(2)14-10-16-29(6,25-5)26-18-12-8-9-13-19-21(20(18)24)28-30(7,27-19)17-11-15-23(3)4/h8-9,12-13,24H,10-11,14-17H2,1-7H3. The SMILES string of the molecule is CO[Si](C)(CCCN(C)C)OC1=CC=CC=C2O[Si](C)(CCCN(C)C)OC2=C1O. The molecule has 0 aromatic heterocycles. The minimum atomic E-state index is -2.50. The van der Waals surface area contributed by atoms with E-state index in [4.69, 9.17) is 17.7 Å². The van der Waals surface area contributed by atoms with E-state index >= 15 is 0 Å². The zero-order chi connectivity index (χ0) is 22.4. The van der Waals surface area contributed by atoms with Gasteiger partial charge in [0.05, 0.1) is 0 Å². The maximum absolute atomic E-state index is 11.0. The quantitative estimate of drug-likeness (QED) is 0.476. The van der Waals surface area contributed by atoms with Crippen LogP contribution in [-0.2, 0) is 17.7 Å². The minimum Gasteiger partial charge on any atom is -0.517 e. The maximum atomic E-state index is 11.0. The average molecular weight is 455 g/mol. The van der Waals surface area contributed by atoms with E-state index in [1.807, 2.05) is 31.3 Å². The Morgan fingerprint density at radius 1 is 1.03 bits per heavy atom. The summed E-state index contributed by atoms with van der Waals surface area (Å²) >= 11 is 0. The zero-order valence-corrected chi connectivity index (χ0v) is 21.5. The van der Waals surface area contributed by atoms with Gasteiger partial charge in [-0.15, -0.1) is 0 Å². The molecule has 2 atom stereocenters. The van der Waals surface area contributed by atoms with Gasteiger partial charge in [0.15, 0.2) is 17.3 Å². The minimum absolute atomic E-state index is 0.0159. The summed E-state index contributed by atoms with van der Waals surface area (Å²) in [6.45, 7) is 5.99. The molecule has 170 valence electrons. The molecule has 0 radical (unpaired) electrons. The normalized spacial score (nSPS) is 23.2. The highest BCUT2D eigenvalue weighted by Crippen LogP contribution is 2.38. The number of rotatable bonds is 11. The van der Waals surface area contributed by atoms with Crippen LogP contribution in [0.25, 0.3) is 0 Å². The van der Waals surface area contributed by atoms with E-state index in [0.717, 1.165) is 38.0 Å². The molecule has 9 heteroatoms. The summed E-state index contributed by atoms with van der Waals surface area (Å²) in [5.74, 6) is 1.32. The van der Waals surface area contributed by atoms with E-state index in [1.165, 1.54) is 0 Å². The highest BCUT2D eigenvalue weighted by molar-refractivity contribution is 6.67. The average Bonchev–Trinajstić information content (AvgIpc) is 2.98. The highest BCUT2D eigenvalue weighted by atomic mass is 28.4. The second-order valence-electron chi connectivity index (χ2n) is 8.72. The van der Waals surface area contributed by atoms with E-state index in [2.05, 4.69) is 38.0 Å². The first kappa shape index (κ1) is 24.7. The number of nitrogens with zero attached hydrogens (tertiary/aromatic N) is 2. The molecule has 2 rings (SSSR count). The molecule has 0 amide bonds. The molecule has 1 N–H and O–H groups in total. The van der Waals surface area contributed by atoms with E-state index in [1.54, 1.807) is 13.2 Å². The monoisotopic (exact) mass is 454 g/mol. The molecule has 0 aromatic rings. The summed E-state index contributed by atoms with van der Waals surface area (Å²) < 4.78 is 24.5. The second-order valence-corrected chi connectivity index (χ2v) is 15.3. The van der Waals surface area contributed by atoms with Gasteiger partial charge in [-0.2, -0.15) is 0 Å². The van der Waals surface area contributed by atoms with E-state index in [-0.39, 0.29) is 5.76 Å². The molecule has 1 aliphatic carbocycles. The number of hydrogen-bond donors (Lipinski definition) is 1. The lowest BCUT2D eigenvalue weighted by atomic mass is 10.2. The number of fused-ring (bicyclic) bond motifs is 1. The summed E-state index contributed by atoms with van der Waals surface area (Å²) in [6.07, 6.45) is 9.27. The van der Waals surface area contributed by atoms with E-state index in [0.29, 0.717) is 17.3 Å². The van der Waals surface area contributed by atoms with Gasteiger partial charge in [0.2, 0.25) is 5.76 Å². The Hall–Kier alpha value is -1.53. The molecule has 0 spiro atoms. The Labute approximate surface area is 183 Å². The van der Waals surface area contributed by atoms with Gasteiger partial charge in [-0.1, -0.05) is 12.2 Å². The van der Waals surface area contributed by atoms with Gasteiger partial charge in [-0.05, 0) is 72.8 Å². The van der Waals surface area contributed by atoms with Crippen molar-refractivity contribution in [2.75, 3.05) is 48.4 Å². The molecular formula is C21H38N2O5Si2. The lowest BCUT2D eigenvalue weighted by molar-refractivity contribution is 0.231. The van der Waals surface area contributed by atoms with Crippen LogP contribution in [0.1, 0.15) is 12.8 Å². The Kier molecular flexibility index (Phi) is 8.80. The third kappa shape index (κ3) is 7.02. The Balaban J connectivity index is 2.17. The fourth-order valence-corrected chi connectivity index (χ4v) is 7.48. The number of aliphatic hydroxyl groups excluding tert-OH is 1. The lowest BCUT2D eigenvalue weighted by Crippen LogP contribution is -2.38. The highest BCUT2D eigenvalue weighted by Gasteiger charge is 2.46. The van der Waals surface area contributed by atoms with Crippen LogP contribution < -0.4 is 0 Å². The van der Waals surface area contributed by atoms with Crippen molar-refractivity contribution >= 4 is 17.1 Å². The van der Waals surface area contributed by atoms with Crippen LogP contribution >= 0.6 is 0 Å². The van der Waals surface area contributed by atoms with Gasteiger partial charge in [0.25, 0.3) is 0 Å². The van der Waals surface area contributed by atoms with Crippen LogP contribution in [0.15, 0.2) is 47.3 Å². The van der Waals surface area contributed by atoms with Crippen molar-refractivity contribution in [3.8, 4) is 0 Å². The van der Waals surface area contributed by atoms with Crippen molar-refractivity contribution in [1.29, 1.82) is 0 Å². The van der Waals surface area contributed by atoms with Crippen molar-refractivity contribution < 1.29 is 22.8 Å². The Bertz CT molecular complexity index is 720. The molecule has 1 aliphatic heterocycles. The van der Waals surface area contributed by atoms with Crippen LogP contribution in [0.5, 0.6) is 0 Å². The van der Waals surface area contributed by atoms with Gasteiger partial charge in [-0.3, -0.25) is 0 Å². The largest absolute Gasteiger partial charge is 0.517 e. The third-order valence-corrected chi connectivity index (χ3v) is 10.5. The number of allylic oxidation sites excluding steroid dienone is 4. The van der Waals surface area contributed by atoms with Crippen molar-refractivity contribution in [3.05, 3.63) is 47.3 Å². The third-order valence-electron chi connectivity index (χ3n) is 5.15. The van der Waals surface area contributed by atoms with E-state index < -0.39 is 17.1 Å². The van der Waals surface area contributed by atoms with Crippen molar-refractivity contribution in [1.82, 2.24) is 9.80 Å². The molecule has 7 nitrogen and oxygen atoms in total. The molecule has 0 saturated carbocycles. The van der Waals surface area contributed by atoms with Crippen LogP contribution in [-0.4, -0.2) is 80.4 Å². The predicted molar refractivity (Wildman–Crippen MR) is 124 cm³/mol. The van der Waals surface area contributed by atoms with Crippen molar-refractivity contribution in [2.45, 2.75) is 38.0 Å². The molecule has 0 bridgehead atoms. The van der Waals surface area contributed by atoms with Crippen molar-refractivity contribution in [3.63, 3.8) is 0 Å².